The molecule has 106 valence electrons. The molecule has 3 aliphatic rings. The number of aliphatic hydroxyl groups excluding tert-OH is 1. The fourth-order valence-corrected chi connectivity index (χ4v) is 4.35. The van der Waals surface area contributed by atoms with Crippen LogP contribution in [0.4, 0.5) is 0 Å². The molecular weight excluding hydrogens is 244 g/mol. The Morgan fingerprint density at radius 1 is 1.47 bits per heavy atom. The summed E-state index contributed by atoms with van der Waals surface area (Å²) in [7, 11) is 0. The monoisotopic (exact) mass is 266 g/mol. The van der Waals surface area contributed by atoms with E-state index in [0.29, 0.717) is 12.0 Å². The number of rotatable bonds is 1. The Morgan fingerprint density at radius 3 is 2.68 bits per heavy atom. The molecule has 3 rings (SSSR count). The molecule has 2 N–H and O–H groups in total. The lowest BCUT2D eigenvalue weighted by molar-refractivity contribution is -0.124. The van der Waals surface area contributed by atoms with Gasteiger partial charge in [-0.15, -0.1) is 0 Å². The second kappa shape index (κ2) is 3.68. The largest absolute Gasteiger partial charge is 0.390 e. The number of aliphatic hydroxyl groups is 2. The Morgan fingerprint density at radius 2 is 2.11 bits per heavy atom. The van der Waals surface area contributed by atoms with E-state index in [0.717, 1.165) is 0 Å². The van der Waals surface area contributed by atoms with E-state index in [1.54, 1.807) is 19.9 Å². The zero-order valence-electron chi connectivity index (χ0n) is 11.9. The second-order valence-corrected chi connectivity index (χ2v) is 7.08. The number of fused-ring (bicyclic) bond motifs is 2. The Bertz CT molecular complexity index is 461. The predicted octanol–water partition coefficient (Wildman–Crippen LogP) is 1.06. The average Bonchev–Trinajstić information content (AvgIpc) is 3.00. The molecule has 0 spiro atoms. The molecule has 0 aromatic carbocycles. The maximum absolute atomic E-state index is 12.4. The summed E-state index contributed by atoms with van der Waals surface area (Å²) in [6.45, 7) is 7.65. The minimum absolute atomic E-state index is 0.00130. The van der Waals surface area contributed by atoms with Crippen LogP contribution in [-0.2, 0) is 9.53 Å². The Kier molecular flexibility index (Phi) is 2.58. The van der Waals surface area contributed by atoms with E-state index < -0.39 is 23.2 Å². The van der Waals surface area contributed by atoms with Crippen molar-refractivity contribution in [2.45, 2.75) is 58.0 Å². The molecule has 0 aromatic rings. The number of hydrogen-bond acceptors (Lipinski definition) is 4. The van der Waals surface area contributed by atoms with Crippen LogP contribution in [0.5, 0.6) is 0 Å². The Labute approximate surface area is 113 Å². The van der Waals surface area contributed by atoms with Crippen LogP contribution in [-0.4, -0.2) is 39.9 Å². The Hall–Kier alpha value is -0.710. The molecule has 19 heavy (non-hydrogen) atoms. The molecule has 0 bridgehead atoms. The van der Waals surface area contributed by atoms with Crippen LogP contribution in [0.25, 0.3) is 0 Å². The van der Waals surface area contributed by atoms with Gasteiger partial charge in [-0.05, 0) is 32.3 Å². The maximum atomic E-state index is 12.4. The van der Waals surface area contributed by atoms with Crippen LogP contribution in [0, 0.1) is 17.3 Å². The van der Waals surface area contributed by atoms with Crippen LogP contribution in [0.3, 0.4) is 0 Å². The summed E-state index contributed by atoms with van der Waals surface area (Å²) < 4.78 is 5.54. The van der Waals surface area contributed by atoms with Crippen molar-refractivity contribution in [2.75, 3.05) is 0 Å². The normalized spacial score (nSPS) is 49.3. The van der Waals surface area contributed by atoms with Gasteiger partial charge in [0.15, 0.2) is 5.78 Å². The molecule has 2 aliphatic carbocycles. The molecule has 4 heteroatoms. The number of ether oxygens (including phenoxy) is 1. The van der Waals surface area contributed by atoms with E-state index >= 15 is 0 Å². The van der Waals surface area contributed by atoms with Gasteiger partial charge in [0.1, 0.15) is 6.10 Å². The molecule has 0 amide bonds. The van der Waals surface area contributed by atoms with E-state index in [1.165, 1.54) is 0 Å². The van der Waals surface area contributed by atoms with Crippen molar-refractivity contribution in [3.8, 4) is 0 Å². The zero-order chi connectivity index (χ0) is 14.2. The zero-order valence-corrected chi connectivity index (χ0v) is 11.9. The number of Topliss-reactive ketones (excluding diaryl/α,β-unsaturated/α-hetero) is 1. The van der Waals surface area contributed by atoms with Gasteiger partial charge in [-0.1, -0.05) is 13.8 Å². The number of epoxide rings is 1. The predicted molar refractivity (Wildman–Crippen MR) is 69.4 cm³/mol. The van der Waals surface area contributed by atoms with Crippen molar-refractivity contribution in [1.82, 2.24) is 0 Å². The SMILES string of the molecule is CC1CC(O)C=C2C(=O)C3OC3C(C(C)(C)O)C21C. The van der Waals surface area contributed by atoms with Gasteiger partial charge >= 0.3 is 0 Å². The highest BCUT2D eigenvalue weighted by Crippen LogP contribution is 2.60. The lowest BCUT2D eigenvalue weighted by Crippen LogP contribution is -2.56. The first-order valence-corrected chi connectivity index (χ1v) is 6.99. The Balaban J connectivity index is 2.14. The van der Waals surface area contributed by atoms with Crippen molar-refractivity contribution in [3.63, 3.8) is 0 Å². The molecule has 1 saturated carbocycles. The molecular formula is C15H22O4. The summed E-state index contributed by atoms with van der Waals surface area (Å²) in [5.41, 5.74) is -0.680. The van der Waals surface area contributed by atoms with Gasteiger partial charge < -0.3 is 14.9 Å². The third-order valence-electron chi connectivity index (χ3n) is 5.34. The van der Waals surface area contributed by atoms with Crippen molar-refractivity contribution in [1.29, 1.82) is 0 Å². The summed E-state index contributed by atoms with van der Waals surface area (Å²) in [5.74, 6) is 0.0167. The average molecular weight is 266 g/mol. The van der Waals surface area contributed by atoms with Crippen LogP contribution < -0.4 is 0 Å². The van der Waals surface area contributed by atoms with E-state index in [9.17, 15) is 15.0 Å². The van der Waals surface area contributed by atoms with E-state index in [2.05, 4.69) is 0 Å². The quantitative estimate of drug-likeness (QED) is 0.696. The highest BCUT2D eigenvalue weighted by molar-refractivity contribution is 6.03. The standard InChI is InChI=1S/C15H22O4/c1-7-5-8(16)6-9-10(17)11-12(19-11)13(14(2,3)18)15(7,9)4/h6-8,11-13,16,18H,5H2,1-4H3. The first-order valence-electron chi connectivity index (χ1n) is 6.99. The molecule has 1 heterocycles. The minimum Gasteiger partial charge on any atom is -0.390 e. The lowest BCUT2D eigenvalue weighted by Gasteiger charge is -2.52. The molecule has 6 atom stereocenters. The molecule has 1 aliphatic heterocycles. The molecule has 1 saturated heterocycles. The van der Waals surface area contributed by atoms with E-state index in [1.807, 2.05) is 13.8 Å². The molecule has 6 unspecified atom stereocenters. The molecule has 4 nitrogen and oxygen atoms in total. The summed E-state index contributed by atoms with van der Waals surface area (Å²) in [4.78, 5) is 12.4. The smallest absolute Gasteiger partial charge is 0.190 e. The number of ketones is 1. The van der Waals surface area contributed by atoms with Gasteiger partial charge in [-0.25, -0.2) is 0 Å². The van der Waals surface area contributed by atoms with Crippen LogP contribution in [0.2, 0.25) is 0 Å². The third-order valence-corrected chi connectivity index (χ3v) is 5.34. The minimum atomic E-state index is -0.912. The molecule has 0 radical (unpaired) electrons. The third kappa shape index (κ3) is 1.66. The highest BCUT2D eigenvalue weighted by atomic mass is 16.6. The van der Waals surface area contributed by atoms with Gasteiger partial charge in [0.05, 0.1) is 17.8 Å². The van der Waals surface area contributed by atoms with Crippen LogP contribution in [0.1, 0.15) is 34.1 Å². The lowest BCUT2D eigenvalue weighted by atomic mass is 9.52. The number of carbonyl (C=O) groups excluding carboxylic acids is 1. The van der Waals surface area contributed by atoms with Gasteiger partial charge in [0.25, 0.3) is 0 Å². The van der Waals surface area contributed by atoms with Crippen LogP contribution in [0.15, 0.2) is 11.6 Å². The highest BCUT2D eigenvalue weighted by Gasteiger charge is 2.68. The van der Waals surface area contributed by atoms with Gasteiger partial charge in [-0.3, -0.25) is 4.79 Å². The van der Waals surface area contributed by atoms with Crippen molar-refractivity contribution >= 4 is 5.78 Å². The van der Waals surface area contributed by atoms with Crippen LogP contribution >= 0.6 is 0 Å². The van der Waals surface area contributed by atoms with Crippen molar-refractivity contribution < 1.29 is 19.7 Å². The summed E-state index contributed by atoms with van der Waals surface area (Å²) in [6.07, 6.45) is 1.15. The first kappa shape index (κ1) is 13.3. The topological polar surface area (TPSA) is 70.1 Å². The number of hydrogen-bond donors (Lipinski definition) is 2. The van der Waals surface area contributed by atoms with Gasteiger partial charge in [0, 0.05) is 16.9 Å². The molecule has 0 aromatic heterocycles. The van der Waals surface area contributed by atoms with Crippen molar-refractivity contribution in [2.24, 2.45) is 17.3 Å². The molecule has 2 fully saturated rings. The summed E-state index contributed by atoms with van der Waals surface area (Å²) in [6, 6.07) is 0. The van der Waals surface area contributed by atoms with Gasteiger partial charge in [-0.2, -0.15) is 0 Å². The number of carbonyl (C=O) groups is 1. The van der Waals surface area contributed by atoms with Gasteiger partial charge in [0.2, 0.25) is 0 Å². The fraction of sp³-hybridized carbons (Fsp3) is 0.800. The van der Waals surface area contributed by atoms with Crippen molar-refractivity contribution in [3.05, 3.63) is 11.6 Å². The second-order valence-electron chi connectivity index (χ2n) is 7.08. The van der Waals surface area contributed by atoms with E-state index in [4.69, 9.17) is 4.74 Å². The first-order chi connectivity index (χ1) is 8.67. The maximum Gasteiger partial charge on any atom is 0.190 e. The van der Waals surface area contributed by atoms with E-state index in [-0.39, 0.29) is 23.7 Å². The fourth-order valence-electron chi connectivity index (χ4n) is 4.35. The summed E-state index contributed by atoms with van der Waals surface area (Å²) >= 11 is 0. The summed E-state index contributed by atoms with van der Waals surface area (Å²) in [5, 5.41) is 20.4.